The van der Waals surface area contributed by atoms with E-state index in [0.717, 1.165) is 0 Å². The minimum Gasteiger partial charge on any atom is -0.659 e. The second-order valence-corrected chi connectivity index (χ2v) is 8.65. The molecule has 0 heterocycles. The van der Waals surface area contributed by atoms with Crippen LogP contribution in [-0.4, -0.2) is 46.8 Å². The predicted octanol–water partition coefficient (Wildman–Crippen LogP) is 2.53. The van der Waals surface area contributed by atoms with Crippen LogP contribution in [0.1, 0.15) is 5.56 Å². The van der Waals surface area contributed by atoms with Crippen molar-refractivity contribution < 1.29 is 124 Å². The van der Waals surface area contributed by atoms with Crippen molar-refractivity contribution in [3.05, 3.63) is 41.5 Å². The van der Waals surface area contributed by atoms with Gasteiger partial charge in [0.1, 0.15) is 11.9 Å². The molecule has 0 aliphatic heterocycles. The quantitative estimate of drug-likeness (QED) is 0.243. The van der Waals surface area contributed by atoms with E-state index < -0.39 is 79.0 Å². The Morgan fingerprint density at radius 1 is 0.667 bits per heavy atom. The summed E-state index contributed by atoms with van der Waals surface area (Å²) < 4.78 is 227. The first kappa shape index (κ1) is 37.9. The largest absolute Gasteiger partial charge is 1.00 e. The van der Waals surface area contributed by atoms with E-state index in [2.05, 4.69) is 4.74 Å². The SMILES string of the molecule is [Na+].[O-][P+]([O-])(O)Cc1ccc(OC(F)(F)C(F)(F)/C(F)=C(\F)C(F)(F)C(F)(F)C(F)(F)C(F)(F)C(F)(F)F)cc1. The summed E-state index contributed by atoms with van der Waals surface area (Å²) in [5.41, 5.74) is -0.427. The van der Waals surface area contributed by atoms with Gasteiger partial charge >= 0.3 is 71.5 Å². The van der Waals surface area contributed by atoms with Gasteiger partial charge in [-0.2, -0.15) is 65.9 Å². The Labute approximate surface area is 226 Å². The van der Waals surface area contributed by atoms with E-state index in [-0.39, 0.29) is 41.7 Å². The zero-order valence-corrected chi connectivity index (χ0v) is 21.0. The Kier molecular flexibility index (Phi) is 11.0. The van der Waals surface area contributed by atoms with Crippen molar-refractivity contribution in [2.45, 2.75) is 48.1 Å². The number of benzene rings is 1. The Morgan fingerprint density at radius 2 is 1.05 bits per heavy atom. The predicted molar refractivity (Wildman–Crippen MR) is 84.9 cm³/mol. The van der Waals surface area contributed by atoms with Gasteiger partial charge in [-0.3, -0.25) is 4.89 Å². The Balaban J connectivity index is 0.0000144. The first-order chi connectivity index (χ1) is 16.5. The van der Waals surface area contributed by atoms with E-state index in [1.807, 2.05) is 0 Å². The van der Waals surface area contributed by atoms with E-state index in [1.165, 1.54) is 0 Å². The van der Waals surface area contributed by atoms with Crippen LogP contribution in [0, 0.1) is 0 Å². The molecule has 0 spiro atoms. The molecule has 1 aromatic rings. The Bertz CT molecular complexity index is 1030. The van der Waals surface area contributed by atoms with Crippen molar-refractivity contribution in [3.8, 4) is 5.75 Å². The second-order valence-electron chi connectivity index (χ2n) is 7.06. The van der Waals surface area contributed by atoms with Crippen LogP contribution in [0.3, 0.4) is 0 Å². The molecule has 0 atom stereocenters. The minimum absolute atomic E-state index is 0. The van der Waals surface area contributed by atoms with Crippen molar-refractivity contribution in [3.63, 3.8) is 0 Å². The molecule has 220 valence electrons. The number of halogens is 17. The molecule has 0 radical (unpaired) electrons. The van der Waals surface area contributed by atoms with Gasteiger partial charge in [0, 0.05) is 0 Å². The van der Waals surface area contributed by atoms with Crippen LogP contribution in [0.15, 0.2) is 35.9 Å². The van der Waals surface area contributed by atoms with E-state index in [1.54, 1.807) is 0 Å². The van der Waals surface area contributed by atoms with Crippen LogP contribution in [0.4, 0.5) is 74.6 Å². The maximum atomic E-state index is 13.7. The van der Waals surface area contributed by atoms with Crippen LogP contribution < -0.4 is 44.1 Å². The number of hydrogen-bond donors (Lipinski definition) is 1. The van der Waals surface area contributed by atoms with E-state index >= 15 is 0 Å². The first-order valence-corrected chi connectivity index (χ1v) is 10.4. The van der Waals surface area contributed by atoms with Crippen LogP contribution in [0.5, 0.6) is 5.75 Å². The molecule has 0 amide bonds. The third kappa shape index (κ3) is 7.03. The number of hydrogen-bond acceptors (Lipinski definition) is 4. The van der Waals surface area contributed by atoms with Crippen molar-refractivity contribution >= 4 is 7.94 Å². The maximum absolute atomic E-state index is 13.7. The summed E-state index contributed by atoms with van der Waals surface area (Å²) in [7, 11) is -5.01. The fourth-order valence-corrected chi connectivity index (χ4v) is 2.89. The average Bonchev–Trinajstić information content (AvgIpc) is 2.71. The fourth-order valence-electron chi connectivity index (χ4n) is 2.22. The summed E-state index contributed by atoms with van der Waals surface area (Å²) in [5.74, 6) is -51.8. The molecule has 0 saturated carbocycles. The van der Waals surface area contributed by atoms with Gasteiger partial charge in [0.05, 0.1) is 7.94 Å². The van der Waals surface area contributed by atoms with Crippen LogP contribution in [-0.2, 0) is 6.16 Å². The molecule has 0 bridgehead atoms. The van der Waals surface area contributed by atoms with E-state index in [4.69, 9.17) is 4.89 Å². The van der Waals surface area contributed by atoms with Crippen LogP contribution in [0.25, 0.3) is 0 Å². The van der Waals surface area contributed by atoms with E-state index in [0.29, 0.717) is 12.1 Å². The molecule has 0 fully saturated rings. The molecule has 23 heteroatoms. The van der Waals surface area contributed by atoms with Crippen molar-refractivity contribution in [2.75, 3.05) is 0 Å². The third-order valence-electron chi connectivity index (χ3n) is 4.20. The molecule has 1 rings (SSSR count). The van der Waals surface area contributed by atoms with Gasteiger partial charge in [-0.1, -0.05) is 12.1 Å². The van der Waals surface area contributed by atoms with Gasteiger partial charge in [0.2, 0.25) is 11.7 Å². The summed E-state index contributed by atoms with van der Waals surface area (Å²) in [5, 5.41) is 0. The van der Waals surface area contributed by atoms with Gasteiger partial charge in [0.25, 0.3) is 0 Å². The molecule has 0 aliphatic rings. The third-order valence-corrected chi connectivity index (χ3v) is 4.97. The van der Waals surface area contributed by atoms with Crippen LogP contribution >= 0.6 is 7.94 Å². The Morgan fingerprint density at radius 3 is 1.41 bits per heavy atom. The molecule has 4 nitrogen and oxygen atoms in total. The summed E-state index contributed by atoms with van der Waals surface area (Å²) in [4.78, 5) is 30.0. The van der Waals surface area contributed by atoms with E-state index in [9.17, 15) is 84.4 Å². The van der Waals surface area contributed by atoms with Gasteiger partial charge in [0.15, 0.2) is 0 Å². The molecule has 0 aliphatic carbocycles. The van der Waals surface area contributed by atoms with Gasteiger partial charge < -0.3 is 14.5 Å². The summed E-state index contributed by atoms with van der Waals surface area (Å²) >= 11 is 0. The molecule has 0 saturated heterocycles. The number of alkyl halides is 15. The monoisotopic (exact) mass is 640 g/mol. The zero-order chi connectivity index (χ0) is 30.6. The molecule has 1 aromatic carbocycles. The summed E-state index contributed by atoms with van der Waals surface area (Å²) in [6, 6.07) is 1.34. The fraction of sp³-hybridized carbons (Fsp3) is 0.500. The molecule has 0 aromatic heterocycles. The number of allylic oxidation sites excluding steroid dienone is 1. The zero-order valence-electron chi connectivity index (χ0n) is 18.1. The van der Waals surface area contributed by atoms with Crippen molar-refractivity contribution in [1.82, 2.24) is 0 Å². The van der Waals surface area contributed by atoms with Gasteiger partial charge in [-0.25, -0.2) is 8.78 Å². The van der Waals surface area contributed by atoms with Crippen LogP contribution in [0.2, 0.25) is 0 Å². The normalized spacial score (nSPS) is 15.5. The smallest absolute Gasteiger partial charge is 0.659 e. The summed E-state index contributed by atoms with van der Waals surface area (Å²) in [6.45, 7) is 0. The Hall–Kier alpha value is -1.12. The molecular weight excluding hydrogens is 633 g/mol. The number of rotatable bonds is 10. The molecule has 0 unspecified atom stereocenters. The maximum Gasteiger partial charge on any atom is 1.00 e. The first-order valence-electron chi connectivity index (χ1n) is 8.68. The number of ether oxygens (including phenoxy) is 1. The minimum atomic E-state index is -8.36. The standard InChI is InChI=1S/C16H8F17O4P.Na/c17-8(10(19,20)12(23,24)13(25,26)14(27,28)15(29,30)31)9(18)11(21,22)16(32,33)37-7-3-1-6(2-4-7)5-38(34,35)36;/h1-4H,5H2,(H2,34,35,36);/q;+1/p-1/b9-8+;. The summed E-state index contributed by atoms with van der Waals surface area (Å²) in [6.07, 6.45) is -15.5. The average molecular weight is 640 g/mol. The molecule has 1 N–H and O–H groups in total. The second kappa shape index (κ2) is 11.3. The topological polar surface area (TPSA) is 75.6 Å². The molecular formula is C16H7F17NaO4P. The van der Waals surface area contributed by atoms with Gasteiger partial charge in [-0.05, 0) is 17.7 Å². The molecule has 39 heavy (non-hydrogen) atoms. The van der Waals surface area contributed by atoms with Crippen molar-refractivity contribution in [1.29, 1.82) is 0 Å². The van der Waals surface area contributed by atoms with Gasteiger partial charge in [-0.15, -0.1) is 0 Å². The van der Waals surface area contributed by atoms with Crippen molar-refractivity contribution in [2.24, 2.45) is 0 Å².